The number of hydrogen-bond donors (Lipinski definition) is 1. The fourth-order valence-electron chi connectivity index (χ4n) is 1.80. The van der Waals surface area contributed by atoms with Gasteiger partial charge in [0.25, 0.3) is 0 Å². The lowest BCUT2D eigenvalue weighted by Gasteiger charge is -2.43. The van der Waals surface area contributed by atoms with Gasteiger partial charge in [0, 0.05) is 13.1 Å². The van der Waals surface area contributed by atoms with Crippen molar-refractivity contribution in [3.8, 4) is 0 Å². The van der Waals surface area contributed by atoms with Gasteiger partial charge < -0.3 is 9.84 Å². The second-order valence-electron chi connectivity index (χ2n) is 4.22. The SMILES string of the molecule is CC1(O)CCN(C2COC2)CC1. The number of hydrogen-bond acceptors (Lipinski definition) is 3. The van der Waals surface area contributed by atoms with Gasteiger partial charge in [-0.2, -0.15) is 0 Å². The third kappa shape index (κ3) is 1.63. The molecule has 0 saturated carbocycles. The lowest BCUT2D eigenvalue weighted by Crippen LogP contribution is -2.54. The molecule has 0 radical (unpaired) electrons. The average molecular weight is 171 g/mol. The fourth-order valence-corrected chi connectivity index (χ4v) is 1.80. The Bertz CT molecular complexity index is 156. The molecule has 0 unspecified atom stereocenters. The van der Waals surface area contributed by atoms with Crippen molar-refractivity contribution in [1.29, 1.82) is 0 Å². The van der Waals surface area contributed by atoms with Gasteiger partial charge in [-0.05, 0) is 19.8 Å². The summed E-state index contributed by atoms with van der Waals surface area (Å²) in [6, 6.07) is 0.640. The van der Waals surface area contributed by atoms with Crippen LogP contribution in [0.2, 0.25) is 0 Å². The molecule has 2 heterocycles. The molecule has 2 aliphatic rings. The molecule has 0 aromatic rings. The first-order valence-corrected chi connectivity index (χ1v) is 4.72. The molecule has 3 nitrogen and oxygen atoms in total. The van der Waals surface area contributed by atoms with Gasteiger partial charge in [0.05, 0.1) is 24.9 Å². The minimum atomic E-state index is -0.416. The van der Waals surface area contributed by atoms with Gasteiger partial charge in [-0.25, -0.2) is 0 Å². The van der Waals surface area contributed by atoms with Crippen LogP contribution in [0, 0.1) is 0 Å². The zero-order chi connectivity index (χ0) is 8.60. The number of piperidine rings is 1. The largest absolute Gasteiger partial charge is 0.390 e. The normalized spacial score (nSPS) is 31.5. The standard InChI is InChI=1S/C9H17NO2/c1-9(11)2-4-10(5-3-9)8-6-12-7-8/h8,11H,2-7H2,1H3. The Morgan fingerprint density at radius 2 is 1.92 bits per heavy atom. The summed E-state index contributed by atoms with van der Waals surface area (Å²) < 4.78 is 5.14. The molecule has 0 amide bonds. The summed E-state index contributed by atoms with van der Waals surface area (Å²) in [5.74, 6) is 0. The molecule has 12 heavy (non-hydrogen) atoms. The van der Waals surface area contributed by atoms with Gasteiger partial charge in [0.1, 0.15) is 0 Å². The second kappa shape index (κ2) is 2.98. The van der Waals surface area contributed by atoms with Crippen LogP contribution in [0.15, 0.2) is 0 Å². The summed E-state index contributed by atoms with van der Waals surface area (Å²) in [5.41, 5.74) is -0.416. The van der Waals surface area contributed by atoms with Gasteiger partial charge in [-0.3, -0.25) is 4.90 Å². The Morgan fingerprint density at radius 1 is 1.33 bits per heavy atom. The van der Waals surface area contributed by atoms with Crippen LogP contribution in [-0.2, 0) is 4.74 Å². The molecule has 0 aromatic carbocycles. The summed E-state index contributed by atoms with van der Waals surface area (Å²) in [5, 5.41) is 9.71. The molecule has 1 N–H and O–H groups in total. The molecular weight excluding hydrogens is 154 g/mol. The number of rotatable bonds is 1. The molecule has 2 fully saturated rings. The number of nitrogens with zero attached hydrogens (tertiary/aromatic N) is 1. The third-order valence-electron chi connectivity index (χ3n) is 3.01. The van der Waals surface area contributed by atoms with Gasteiger partial charge in [0.15, 0.2) is 0 Å². The molecule has 0 aliphatic carbocycles. The maximum atomic E-state index is 9.71. The lowest BCUT2D eigenvalue weighted by atomic mass is 9.93. The van der Waals surface area contributed by atoms with Crippen LogP contribution in [0.25, 0.3) is 0 Å². The van der Waals surface area contributed by atoms with Gasteiger partial charge in [0.2, 0.25) is 0 Å². The van der Waals surface area contributed by atoms with E-state index in [0.717, 1.165) is 39.1 Å². The van der Waals surface area contributed by atoms with Crippen LogP contribution in [0.4, 0.5) is 0 Å². The zero-order valence-corrected chi connectivity index (χ0v) is 7.62. The van der Waals surface area contributed by atoms with E-state index in [9.17, 15) is 5.11 Å². The van der Waals surface area contributed by atoms with Crippen molar-refractivity contribution in [3.05, 3.63) is 0 Å². The first-order valence-electron chi connectivity index (χ1n) is 4.72. The highest BCUT2D eigenvalue weighted by Gasteiger charge is 2.33. The highest BCUT2D eigenvalue weighted by atomic mass is 16.5. The maximum Gasteiger partial charge on any atom is 0.0645 e. The van der Waals surface area contributed by atoms with Crippen molar-refractivity contribution < 1.29 is 9.84 Å². The van der Waals surface area contributed by atoms with Crippen molar-refractivity contribution in [2.45, 2.75) is 31.4 Å². The van der Waals surface area contributed by atoms with E-state index in [4.69, 9.17) is 4.74 Å². The second-order valence-corrected chi connectivity index (χ2v) is 4.22. The van der Waals surface area contributed by atoms with E-state index in [0.29, 0.717) is 6.04 Å². The van der Waals surface area contributed by atoms with E-state index in [2.05, 4.69) is 4.90 Å². The van der Waals surface area contributed by atoms with E-state index < -0.39 is 5.60 Å². The number of ether oxygens (including phenoxy) is 1. The molecule has 0 bridgehead atoms. The molecule has 70 valence electrons. The quantitative estimate of drug-likeness (QED) is 0.613. The average Bonchev–Trinajstić information content (AvgIpc) is 1.89. The Kier molecular flexibility index (Phi) is 2.10. The van der Waals surface area contributed by atoms with Crippen LogP contribution in [-0.4, -0.2) is 48.0 Å². The van der Waals surface area contributed by atoms with Crippen molar-refractivity contribution >= 4 is 0 Å². The first-order chi connectivity index (χ1) is 5.67. The highest BCUT2D eigenvalue weighted by Crippen LogP contribution is 2.24. The van der Waals surface area contributed by atoms with Crippen LogP contribution >= 0.6 is 0 Å². The van der Waals surface area contributed by atoms with Gasteiger partial charge in [-0.1, -0.05) is 0 Å². The van der Waals surface area contributed by atoms with Gasteiger partial charge in [-0.15, -0.1) is 0 Å². The Labute approximate surface area is 73.3 Å². The topological polar surface area (TPSA) is 32.7 Å². The predicted molar refractivity (Wildman–Crippen MR) is 46.0 cm³/mol. The Balaban J connectivity index is 1.81. The molecule has 0 atom stereocenters. The third-order valence-corrected chi connectivity index (χ3v) is 3.01. The van der Waals surface area contributed by atoms with Crippen LogP contribution < -0.4 is 0 Å². The molecule has 2 aliphatic heterocycles. The van der Waals surface area contributed by atoms with E-state index in [1.165, 1.54) is 0 Å². The monoisotopic (exact) mass is 171 g/mol. The van der Waals surface area contributed by atoms with E-state index >= 15 is 0 Å². The maximum absolute atomic E-state index is 9.71. The first kappa shape index (κ1) is 8.48. The summed E-state index contributed by atoms with van der Waals surface area (Å²) in [7, 11) is 0. The number of likely N-dealkylation sites (tertiary alicyclic amines) is 1. The van der Waals surface area contributed by atoms with Crippen molar-refractivity contribution in [3.63, 3.8) is 0 Å². The van der Waals surface area contributed by atoms with Crippen molar-refractivity contribution in [2.24, 2.45) is 0 Å². The minimum absolute atomic E-state index is 0.416. The van der Waals surface area contributed by atoms with Crippen LogP contribution in [0.5, 0.6) is 0 Å². The molecule has 2 rings (SSSR count). The summed E-state index contributed by atoms with van der Waals surface area (Å²) in [6.07, 6.45) is 1.81. The molecule has 0 aromatic heterocycles. The molecule has 0 spiro atoms. The summed E-state index contributed by atoms with van der Waals surface area (Å²) >= 11 is 0. The summed E-state index contributed by atoms with van der Waals surface area (Å²) in [4.78, 5) is 2.43. The van der Waals surface area contributed by atoms with E-state index in [1.807, 2.05) is 6.92 Å². The lowest BCUT2D eigenvalue weighted by molar-refractivity contribution is -0.0946. The molecule has 2 saturated heterocycles. The summed E-state index contributed by atoms with van der Waals surface area (Å²) in [6.45, 7) is 5.77. The Hall–Kier alpha value is -0.120. The van der Waals surface area contributed by atoms with Crippen molar-refractivity contribution in [1.82, 2.24) is 4.90 Å². The fraction of sp³-hybridized carbons (Fsp3) is 1.00. The smallest absolute Gasteiger partial charge is 0.0645 e. The highest BCUT2D eigenvalue weighted by molar-refractivity contribution is 4.86. The van der Waals surface area contributed by atoms with E-state index in [1.54, 1.807) is 0 Å². The zero-order valence-electron chi connectivity index (χ0n) is 7.62. The van der Waals surface area contributed by atoms with E-state index in [-0.39, 0.29) is 0 Å². The number of aliphatic hydroxyl groups is 1. The van der Waals surface area contributed by atoms with Crippen LogP contribution in [0.1, 0.15) is 19.8 Å². The molecule has 3 heteroatoms. The van der Waals surface area contributed by atoms with Crippen LogP contribution in [0.3, 0.4) is 0 Å². The molecular formula is C9H17NO2. The Morgan fingerprint density at radius 3 is 2.33 bits per heavy atom. The minimum Gasteiger partial charge on any atom is -0.390 e. The van der Waals surface area contributed by atoms with Gasteiger partial charge >= 0.3 is 0 Å². The van der Waals surface area contributed by atoms with Crippen molar-refractivity contribution in [2.75, 3.05) is 26.3 Å². The predicted octanol–water partition coefficient (Wildman–Crippen LogP) is 0.232.